The number of hydrogen-bond acceptors (Lipinski definition) is 5. The lowest BCUT2D eigenvalue weighted by Crippen LogP contribution is -2.49. The second-order valence-corrected chi connectivity index (χ2v) is 7.42. The Kier molecular flexibility index (Phi) is 6.67. The van der Waals surface area contributed by atoms with Gasteiger partial charge in [0.1, 0.15) is 17.9 Å². The highest BCUT2D eigenvalue weighted by atomic mass is 19.3. The highest BCUT2D eigenvalue weighted by molar-refractivity contribution is 5.65. The van der Waals surface area contributed by atoms with E-state index >= 15 is 0 Å². The van der Waals surface area contributed by atoms with Crippen molar-refractivity contribution < 1.29 is 23.4 Å². The minimum atomic E-state index is -3.10. The minimum absolute atomic E-state index is 0.0944. The Bertz CT molecular complexity index is 736. The summed E-state index contributed by atoms with van der Waals surface area (Å²) in [6, 6.07) is 6.46. The van der Waals surface area contributed by atoms with Crippen molar-refractivity contribution in [1.82, 2.24) is 9.80 Å². The predicted molar refractivity (Wildman–Crippen MR) is 101 cm³/mol. The molecule has 1 fully saturated rings. The Hall–Kier alpha value is -2.60. The van der Waals surface area contributed by atoms with Gasteiger partial charge in [0, 0.05) is 45.3 Å². The molecule has 1 aliphatic rings. The molecule has 154 valence electrons. The van der Waals surface area contributed by atoms with Crippen molar-refractivity contribution in [3.05, 3.63) is 23.8 Å². The van der Waals surface area contributed by atoms with Gasteiger partial charge in [-0.25, -0.2) is 13.6 Å². The average molecular weight is 396 g/mol. The number of nitriles is 1. The van der Waals surface area contributed by atoms with Crippen LogP contribution in [-0.4, -0.2) is 65.9 Å². The van der Waals surface area contributed by atoms with E-state index in [1.807, 2.05) is 4.90 Å². The number of anilines is 1. The zero-order chi connectivity index (χ0) is 20.9. The molecule has 28 heavy (non-hydrogen) atoms. The first-order valence-electron chi connectivity index (χ1n) is 9.06. The van der Waals surface area contributed by atoms with Crippen molar-refractivity contribution >= 4 is 11.8 Å². The monoisotopic (exact) mass is 396 g/mol. The Morgan fingerprint density at radius 2 is 1.93 bits per heavy atom. The fraction of sp³-hybridized carbons (Fsp3) is 0.579. The van der Waals surface area contributed by atoms with Crippen LogP contribution in [0.2, 0.25) is 0 Å². The van der Waals surface area contributed by atoms with Crippen molar-refractivity contribution in [2.75, 3.05) is 44.6 Å². The molecule has 0 spiro atoms. The van der Waals surface area contributed by atoms with E-state index in [0.717, 1.165) is 6.92 Å². The molecule has 0 unspecified atom stereocenters. The van der Waals surface area contributed by atoms with Gasteiger partial charge in [0.2, 0.25) is 0 Å². The number of ether oxygens (including phenoxy) is 1. The van der Waals surface area contributed by atoms with Gasteiger partial charge >= 0.3 is 6.09 Å². The summed E-state index contributed by atoms with van der Waals surface area (Å²) in [5, 5.41) is 21.0. The van der Waals surface area contributed by atoms with Crippen molar-refractivity contribution in [2.24, 2.45) is 0 Å². The molecule has 1 aliphatic heterocycles. The van der Waals surface area contributed by atoms with E-state index in [9.17, 15) is 13.6 Å². The smallest absolute Gasteiger partial charge is 0.407 e. The number of halogens is 2. The fourth-order valence-corrected chi connectivity index (χ4v) is 2.91. The van der Waals surface area contributed by atoms with Gasteiger partial charge in [0.15, 0.2) is 0 Å². The second-order valence-electron chi connectivity index (χ2n) is 7.42. The van der Waals surface area contributed by atoms with E-state index in [-0.39, 0.29) is 17.9 Å². The molecule has 7 nitrogen and oxygen atoms in total. The maximum absolute atomic E-state index is 14.1. The number of carbonyl (C=O) groups is 1. The molecule has 0 radical (unpaired) electrons. The lowest BCUT2D eigenvalue weighted by molar-refractivity contribution is 0.0142. The summed E-state index contributed by atoms with van der Waals surface area (Å²) < 4.78 is 33.7. The third kappa shape index (κ3) is 5.96. The first kappa shape index (κ1) is 21.7. The number of nitrogens with zero attached hydrogens (tertiary/aromatic N) is 3. The molecule has 0 aromatic heterocycles. The third-order valence-electron chi connectivity index (χ3n) is 4.50. The summed E-state index contributed by atoms with van der Waals surface area (Å²) in [5.74, 6) is -3.01. The summed E-state index contributed by atoms with van der Waals surface area (Å²) in [7, 11) is 0. The molecule has 0 atom stereocenters. The lowest BCUT2D eigenvalue weighted by atomic mass is 10.0. The van der Waals surface area contributed by atoms with Crippen molar-refractivity contribution in [2.45, 2.75) is 32.2 Å². The molecular weight excluding hydrogens is 370 g/mol. The Morgan fingerprint density at radius 3 is 2.46 bits per heavy atom. The van der Waals surface area contributed by atoms with Gasteiger partial charge in [-0.2, -0.15) is 5.26 Å². The fourth-order valence-electron chi connectivity index (χ4n) is 2.91. The highest BCUT2D eigenvalue weighted by Crippen LogP contribution is 2.37. The lowest BCUT2D eigenvalue weighted by Gasteiger charge is -2.33. The summed E-state index contributed by atoms with van der Waals surface area (Å²) in [6.07, 6.45) is -0.931. The van der Waals surface area contributed by atoms with Crippen LogP contribution in [0.15, 0.2) is 18.2 Å². The van der Waals surface area contributed by atoms with Gasteiger partial charge in [-0.15, -0.1) is 0 Å². The van der Waals surface area contributed by atoms with Crippen LogP contribution in [0.25, 0.3) is 0 Å². The van der Waals surface area contributed by atoms with Crippen LogP contribution in [0.3, 0.4) is 0 Å². The Labute approximate surface area is 163 Å². The number of hydrogen-bond donors (Lipinski definition) is 2. The third-order valence-corrected chi connectivity index (χ3v) is 4.50. The van der Waals surface area contributed by atoms with Crippen LogP contribution < -0.4 is 10.1 Å². The SMILES string of the molecule is CC(C)(C#N)Nc1ccc(OCCN2CCN(C(=O)O)CC2)c(C(C)(F)F)c1. The number of amides is 1. The molecule has 0 bridgehead atoms. The normalized spacial score (nSPS) is 15.8. The van der Waals surface area contributed by atoms with Gasteiger partial charge in [-0.05, 0) is 32.0 Å². The van der Waals surface area contributed by atoms with E-state index in [0.29, 0.717) is 38.4 Å². The molecule has 1 heterocycles. The van der Waals surface area contributed by atoms with E-state index in [1.54, 1.807) is 19.9 Å². The van der Waals surface area contributed by atoms with Crippen LogP contribution in [-0.2, 0) is 5.92 Å². The van der Waals surface area contributed by atoms with Crippen molar-refractivity contribution in [3.63, 3.8) is 0 Å². The molecule has 1 saturated heterocycles. The van der Waals surface area contributed by atoms with Gasteiger partial charge in [0.05, 0.1) is 11.6 Å². The molecule has 1 aromatic rings. The topological polar surface area (TPSA) is 88.8 Å². The molecule has 0 saturated carbocycles. The molecule has 1 aromatic carbocycles. The second kappa shape index (κ2) is 8.61. The predicted octanol–water partition coefficient (Wildman–Crippen LogP) is 3.19. The summed E-state index contributed by atoms with van der Waals surface area (Å²) in [6.45, 7) is 6.86. The van der Waals surface area contributed by atoms with E-state index in [4.69, 9.17) is 15.1 Å². The zero-order valence-electron chi connectivity index (χ0n) is 16.3. The molecule has 9 heteroatoms. The largest absolute Gasteiger partial charge is 0.492 e. The maximum atomic E-state index is 14.1. The van der Waals surface area contributed by atoms with Crippen LogP contribution in [0, 0.1) is 11.3 Å². The van der Waals surface area contributed by atoms with Gasteiger partial charge in [-0.3, -0.25) is 4.90 Å². The molecule has 2 N–H and O–H groups in total. The van der Waals surface area contributed by atoms with E-state index < -0.39 is 17.6 Å². The Balaban J connectivity index is 1.99. The number of piperazine rings is 1. The first-order valence-corrected chi connectivity index (χ1v) is 9.06. The van der Waals surface area contributed by atoms with Crippen LogP contribution >= 0.6 is 0 Å². The van der Waals surface area contributed by atoms with Gasteiger partial charge in [-0.1, -0.05) is 0 Å². The summed E-state index contributed by atoms with van der Waals surface area (Å²) in [4.78, 5) is 14.3. The van der Waals surface area contributed by atoms with Crippen molar-refractivity contribution in [1.29, 1.82) is 5.26 Å². The molecule has 0 aliphatic carbocycles. The standard InChI is InChI=1S/C19H26F2N4O3/c1-18(2,13-22)23-14-4-5-16(15(12-14)19(3,20)21)28-11-10-24-6-8-25(9-7-24)17(26)27/h4-5,12,23H,6-11H2,1-3H3,(H,26,27). The number of rotatable bonds is 7. The number of nitrogens with one attached hydrogen (secondary N) is 1. The van der Waals surface area contributed by atoms with Gasteiger partial charge in [0.25, 0.3) is 5.92 Å². The van der Waals surface area contributed by atoms with Crippen LogP contribution in [0.4, 0.5) is 19.3 Å². The number of benzene rings is 1. The van der Waals surface area contributed by atoms with E-state index in [1.165, 1.54) is 17.0 Å². The molecule has 1 amide bonds. The highest BCUT2D eigenvalue weighted by Gasteiger charge is 2.30. The molecule has 2 rings (SSSR count). The van der Waals surface area contributed by atoms with Crippen LogP contribution in [0.1, 0.15) is 26.3 Å². The quantitative estimate of drug-likeness (QED) is 0.736. The molecular formula is C19H26F2N4O3. The first-order chi connectivity index (χ1) is 13.0. The van der Waals surface area contributed by atoms with E-state index in [2.05, 4.69) is 11.4 Å². The number of alkyl halides is 2. The maximum Gasteiger partial charge on any atom is 0.407 e. The van der Waals surface area contributed by atoms with Crippen molar-refractivity contribution in [3.8, 4) is 11.8 Å². The minimum Gasteiger partial charge on any atom is -0.492 e. The summed E-state index contributed by atoms with van der Waals surface area (Å²) in [5.41, 5.74) is -0.719. The average Bonchev–Trinajstić information content (AvgIpc) is 2.62. The van der Waals surface area contributed by atoms with Gasteiger partial charge < -0.3 is 20.1 Å². The van der Waals surface area contributed by atoms with Crippen LogP contribution in [0.5, 0.6) is 5.75 Å². The Morgan fingerprint density at radius 1 is 1.29 bits per heavy atom. The number of carboxylic acid groups (broad SMARTS) is 1. The zero-order valence-corrected chi connectivity index (χ0v) is 16.3. The summed E-state index contributed by atoms with van der Waals surface area (Å²) >= 11 is 0.